The van der Waals surface area contributed by atoms with Gasteiger partial charge in [0, 0.05) is 24.5 Å². The molecule has 2 atom stereocenters. The summed E-state index contributed by atoms with van der Waals surface area (Å²) in [5.41, 5.74) is 0.793. The first-order valence-corrected chi connectivity index (χ1v) is 5.90. The standard InChI is InChI=1S/C13H15N3/c14-9-13(10-2-1-5-15-8-10)6-11-3-4-12(7-13)16-11/h1-2,5,8,11-12,16H,3-4,6-7H2. The SMILES string of the molecule is N#CC1(c2cccnc2)CC2CCC(C1)N2. The second-order valence-corrected chi connectivity index (χ2v) is 4.98. The Labute approximate surface area is 95.5 Å². The Balaban J connectivity index is 1.99. The minimum atomic E-state index is -0.300. The van der Waals surface area contributed by atoms with Gasteiger partial charge in [-0.1, -0.05) is 6.07 Å². The third-order valence-electron chi connectivity index (χ3n) is 3.95. The van der Waals surface area contributed by atoms with Crippen molar-refractivity contribution in [2.45, 2.75) is 43.2 Å². The lowest BCUT2D eigenvalue weighted by Crippen LogP contribution is -2.46. The van der Waals surface area contributed by atoms with Crippen molar-refractivity contribution >= 4 is 0 Å². The van der Waals surface area contributed by atoms with Crippen LogP contribution in [0.25, 0.3) is 0 Å². The number of piperidine rings is 1. The molecular formula is C13H15N3. The summed E-state index contributed by atoms with van der Waals surface area (Å²) in [5, 5.41) is 13.1. The minimum absolute atomic E-state index is 0.300. The molecule has 2 fully saturated rings. The van der Waals surface area contributed by atoms with Gasteiger partial charge in [-0.25, -0.2) is 0 Å². The molecule has 1 aromatic rings. The summed E-state index contributed by atoms with van der Waals surface area (Å²) in [6, 6.07) is 7.58. The molecule has 3 rings (SSSR count). The Hall–Kier alpha value is -1.40. The molecule has 2 aliphatic rings. The molecular weight excluding hydrogens is 198 g/mol. The third-order valence-corrected chi connectivity index (χ3v) is 3.95. The van der Waals surface area contributed by atoms with E-state index in [0.29, 0.717) is 12.1 Å². The quantitative estimate of drug-likeness (QED) is 0.773. The molecule has 3 heterocycles. The summed E-state index contributed by atoms with van der Waals surface area (Å²) in [5.74, 6) is 0. The highest BCUT2D eigenvalue weighted by molar-refractivity contribution is 5.32. The number of pyridine rings is 1. The molecule has 2 unspecified atom stereocenters. The summed E-state index contributed by atoms with van der Waals surface area (Å²) < 4.78 is 0. The van der Waals surface area contributed by atoms with Crippen molar-refractivity contribution in [3.8, 4) is 6.07 Å². The van der Waals surface area contributed by atoms with Crippen LogP contribution in [0.2, 0.25) is 0 Å². The van der Waals surface area contributed by atoms with Gasteiger partial charge in [-0.3, -0.25) is 4.98 Å². The summed E-state index contributed by atoms with van der Waals surface area (Å²) in [4.78, 5) is 4.15. The van der Waals surface area contributed by atoms with Crippen molar-refractivity contribution < 1.29 is 0 Å². The van der Waals surface area contributed by atoms with Crippen LogP contribution in [0.4, 0.5) is 0 Å². The summed E-state index contributed by atoms with van der Waals surface area (Å²) >= 11 is 0. The highest BCUT2D eigenvalue weighted by Crippen LogP contribution is 2.41. The van der Waals surface area contributed by atoms with Crippen LogP contribution in [0.3, 0.4) is 0 Å². The zero-order chi connectivity index (χ0) is 11.0. The number of nitrogens with one attached hydrogen (secondary N) is 1. The molecule has 0 amide bonds. The maximum absolute atomic E-state index is 9.55. The van der Waals surface area contributed by atoms with Gasteiger partial charge in [-0.05, 0) is 37.3 Å². The van der Waals surface area contributed by atoms with E-state index in [2.05, 4.69) is 16.4 Å². The average molecular weight is 213 g/mol. The van der Waals surface area contributed by atoms with Crippen LogP contribution in [0, 0.1) is 11.3 Å². The van der Waals surface area contributed by atoms with Gasteiger partial charge in [-0.15, -0.1) is 0 Å². The van der Waals surface area contributed by atoms with E-state index in [9.17, 15) is 5.26 Å². The van der Waals surface area contributed by atoms with E-state index >= 15 is 0 Å². The third kappa shape index (κ3) is 1.42. The number of hydrogen-bond acceptors (Lipinski definition) is 3. The highest BCUT2D eigenvalue weighted by atomic mass is 15.0. The van der Waals surface area contributed by atoms with Crippen molar-refractivity contribution in [3.63, 3.8) is 0 Å². The first kappa shape index (κ1) is 9.80. The van der Waals surface area contributed by atoms with Crippen molar-refractivity contribution in [1.82, 2.24) is 10.3 Å². The lowest BCUT2D eigenvalue weighted by atomic mass is 9.72. The molecule has 82 valence electrons. The Kier molecular flexibility index (Phi) is 2.19. The Morgan fingerprint density at radius 3 is 2.69 bits per heavy atom. The van der Waals surface area contributed by atoms with E-state index in [4.69, 9.17) is 0 Å². The smallest absolute Gasteiger partial charge is 0.0866 e. The fourth-order valence-corrected chi connectivity index (χ4v) is 3.19. The highest BCUT2D eigenvalue weighted by Gasteiger charge is 2.45. The van der Waals surface area contributed by atoms with Crippen LogP contribution in [0.15, 0.2) is 24.5 Å². The van der Waals surface area contributed by atoms with Crippen molar-refractivity contribution in [2.75, 3.05) is 0 Å². The molecule has 1 N–H and O–H groups in total. The largest absolute Gasteiger partial charge is 0.311 e. The van der Waals surface area contributed by atoms with Gasteiger partial charge in [0.05, 0.1) is 11.5 Å². The summed E-state index contributed by atoms with van der Waals surface area (Å²) in [6.07, 6.45) is 7.93. The number of aromatic nitrogens is 1. The molecule has 0 radical (unpaired) electrons. The lowest BCUT2D eigenvalue weighted by Gasteiger charge is -2.36. The molecule has 0 saturated carbocycles. The number of fused-ring (bicyclic) bond motifs is 2. The van der Waals surface area contributed by atoms with Gasteiger partial charge in [0.15, 0.2) is 0 Å². The summed E-state index contributed by atoms with van der Waals surface area (Å²) in [7, 11) is 0. The van der Waals surface area contributed by atoms with Gasteiger partial charge in [-0.2, -0.15) is 5.26 Å². The average Bonchev–Trinajstić information content (AvgIpc) is 2.70. The second-order valence-electron chi connectivity index (χ2n) is 4.98. The number of nitrogens with zero attached hydrogens (tertiary/aromatic N) is 2. The molecule has 3 nitrogen and oxygen atoms in total. The molecule has 2 saturated heterocycles. The van der Waals surface area contributed by atoms with Gasteiger partial charge in [0.2, 0.25) is 0 Å². The number of rotatable bonds is 1. The molecule has 0 aliphatic carbocycles. The molecule has 2 bridgehead atoms. The van der Waals surface area contributed by atoms with E-state index in [0.717, 1.165) is 18.4 Å². The van der Waals surface area contributed by atoms with E-state index < -0.39 is 0 Å². The fourth-order valence-electron chi connectivity index (χ4n) is 3.19. The molecule has 3 heteroatoms. The van der Waals surface area contributed by atoms with E-state index in [1.807, 2.05) is 18.3 Å². The van der Waals surface area contributed by atoms with Crippen molar-refractivity contribution in [3.05, 3.63) is 30.1 Å². The van der Waals surface area contributed by atoms with Crippen LogP contribution >= 0.6 is 0 Å². The lowest BCUT2D eigenvalue weighted by molar-refractivity contribution is 0.304. The zero-order valence-electron chi connectivity index (χ0n) is 9.19. The molecule has 0 aromatic carbocycles. The molecule has 0 spiro atoms. The Morgan fingerprint density at radius 2 is 2.12 bits per heavy atom. The van der Waals surface area contributed by atoms with Gasteiger partial charge < -0.3 is 5.32 Å². The molecule has 1 aromatic heterocycles. The first-order valence-electron chi connectivity index (χ1n) is 5.90. The fraction of sp³-hybridized carbons (Fsp3) is 0.538. The zero-order valence-corrected chi connectivity index (χ0v) is 9.19. The number of hydrogen-bond donors (Lipinski definition) is 1. The topological polar surface area (TPSA) is 48.7 Å². The number of nitriles is 1. The van der Waals surface area contributed by atoms with Crippen LogP contribution in [0.1, 0.15) is 31.2 Å². The van der Waals surface area contributed by atoms with Crippen molar-refractivity contribution in [1.29, 1.82) is 5.26 Å². The monoisotopic (exact) mass is 213 g/mol. The van der Waals surface area contributed by atoms with Crippen LogP contribution in [-0.4, -0.2) is 17.1 Å². The Morgan fingerprint density at radius 1 is 1.38 bits per heavy atom. The molecule has 16 heavy (non-hydrogen) atoms. The van der Waals surface area contributed by atoms with E-state index in [-0.39, 0.29) is 5.41 Å². The van der Waals surface area contributed by atoms with Gasteiger partial charge in [0.25, 0.3) is 0 Å². The van der Waals surface area contributed by atoms with Crippen LogP contribution in [-0.2, 0) is 5.41 Å². The van der Waals surface area contributed by atoms with Gasteiger partial charge in [0.1, 0.15) is 0 Å². The van der Waals surface area contributed by atoms with Crippen LogP contribution in [0.5, 0.6) is 0 Å². The minimum Gasteiger partial charge on any atom is -0.311 e. The van der Waals surface area contributed by atoms with Crippen LogP contribution < -0.4 is 5.32 Å². The first-order chi connectivity index (χ1) is 7.82. The predicted octanol–water partition coefficient (Wildman–Crippen LogP) is 1.76. The summed E-state index contributed by atoms with van der Waals surface area (Å²) in [6.45, 7) is 0. The predicted molar refractivity (Wildman–Crippen MR) is 60.7 cm³/mol. The van der Waals surface area contributed by atoms with E-state index in [1.165, 1.54) is 12.8 Å². The maximum Gasteiger partial charge on any atom is 0.0866 e. The Bertz CT molecular complexity index is 409. The second kappa shape index (κ2) is 3.57. The van der Waals surface area contributed by atoms with Crippen molar-refractivity contribution in [2.24, 2.45) is 0 Å². The maximum atomic E-state index is 9.55. The molecule has 2 aliphatic heterocycles. The normalized spacial score (nSPS) is 36.9. The van der Waals surface area contributed by atoms with E-state index in [1.54, 1.807) is 6.20 Å². The van der Waals surface area contributed by atoms with Gasteiger partial charge >= 0.3 is 0 Å².